The van der Waals surface area contributed by atoms with E-state index in [1.165, 1.54) is 30.7 Å². The monoisotopic (exact) mass is 394 g/mol. The molecule has 2 aliphatic carbocycles. The topological polar surface area (TPSA) is 69.1 Å². The molecule has 0 atom stereocenters. The van der Waals surface area contributed by atoms with Gasteiger partial charge in [-0.2, -0.15) is 0 Å². The van der Waals surface area contributed by atoms with Gasteiger partial charge in [0.2, 0.25) is 5.91 Å². The van der Waals surface area contributed by atoms with Gasteiger partial charge in [0.25, 0.3) is 0 Å². The van der Waals surface area contributed by atoms with Crippen LogP contribution < -0.4 is 11.5 Å². The van der Waals surface area contributed by atoms with Crippen molar-refractivity contribution in [3.8, 4) is 0 Å². The molecule has 0 aliphatic heterocycles. The molecule has 0 saturated heterocycles. The summed E-state index contributed by atoms with van der Waals surface area (Å²) in [4.78, 5) is 11.3. The minimum absolute atomic E-state index is 0. The summed E-state index contributed by atoms with van der Waals surface area (Å²) < 4.78 is 25.2. The summed E-state index contributed by atoms with van der Waals surface area (Å²) in [5, 5.41) is 0. The molecule has 1 amide bonds. The van der Waals surface area contributed by atoms with Crippen LogP contribution >= 0.6 is 12.4 Å². The van der Waals surface area contributed by atoms with Gasteiger partial charge in [-0.25, -0.2) is 8.78 Å². The number of rotatable bonds is 3. The van der Waals surface area contributed by atoms with Crippen LogP contribution in [0.1, 0.15) is 49.7 Å². The summed E-state index contributed by atoms with van der Waals surface area (Å²) >= 11 is 0. The zero-order valence-corrected chi connectivity index (χ0v) is 15.9. The van der Waals surface area contributed by atoms with E-state index in [2.05, 4.69) is 0 Å². The molecule has 2 fully saturated rings. The SMILES string of the molecule is Cl.NC(=O)C1(c2ccc(F)cc2)CCC1.NC1(c2ccc(F)cc2)CCC1. The highest BCUT2D eigenvalue weighted by atomic mass is 35.5. The molecular formula is C21H25ClF2N2O. The summed E-state index contributed by atoms with van der Waals surface area (Å²) in [6.07, 6.45) is 5.83. The van der Waals surface area contributed by atoms with Crippen molar-refractivity contribution in [2.45, 2.75) is 49.5 Å². The Kier molecular flexibility index (Phi) is 6.60. The number of carbonyl (C=O) groups is 1. The van der Waals surface area contributed by atoms with Crippen molar-refractivity contribution in [2.24, 2.45) is 11.5 Å². The van der Waals surface area contributed by atoms with Gasteiger partial charge < -0.3 is 11.5 Å². The highest BCUT2D eigenvalue weighted by molar-refractivity contribution is 5.87. The van der Waals surface area contributed by atoms with Gasteiger partial charge in [-0.15, -0.1) is 12.4 Å². The smallest absolute Gasteiger partial charge is 0.228 e. The standard InChI is InChI=1S/C11H12FNO.C10H12FN.ClH/c12-9-4-2-8(3-5-9)11(10(13)14)6-1-7-11;11-9-4-2-8(3-5-9)10(12)6-1-7-10;/h2-5H,1,6-7H2,(H2,13,14);2-5H,1,6-7,12H2;1H. The number of halogens is 3. The molecule has 0 heterocycles. The van der Waals surface area contributed by atoms with E-state index in [1.54, 1.807) is 24.3 Å². The second kappa shape index (κ2) is 8.36. The van der Waals surface area contributed by atoms with Crippen molar-refractivity contribution in [3.63, 3.8) is 0 Å². The van der Waals surface area contributed by atoms with E-state index in [0.717, 1.165) is 43.2 Å². The summed E-state index contributed by atoms with van der Waals surface area (Å²) in [6, 6.07) is 12.6. The Labute approximate surface area is 164 Å². The van der Waals surface area contributed by atoms with E-state index in [1.807, 2.05) is 0 Å². The average molecular weight is 395 g/mol. The van der Waals surface area contributed by atoms with Crippen LogP contribution in [0.25, 0.3) is 0 Å². The fourth-order valence-electron chi connectivity index (χ4n) is 3.60. The van der Waals surface area contributed by atoms with Gasteiger partial charge in [0.1, 0.15) is 11.6 Å². The Morgan fingerprint density at radius 3 is 1.48 bits per heavy atom. The molecule has 4 rings (SSSR count). The van der Waals surface area contributed by atoms with Crippen molar-refractivity contribution >= 4 is 18.3 Å². The van der Waals surface area contributed by atoms with Gasteiger partial charge >= 0.3 is 0 Å². The van der Waals surface area contributed by atoms with E-state index >= 15 is 0 Å². The zero-order chi connectivity index (χ0) is 18.8. The largest absolute Gasteiger partial charge is 0.369 e. The van der Waals surface area contributed by atoms with Crippen molar-refractivity contribution in [2.75, 3.05) is 0 Å². The molecule has 0 radical (unpaired) electrons. The first kappa shape index (κ1) is 21.3. The molecule has 2 aromatic rings. The lowest BCUT2D eigenvalue weighted by Crippen LogP contribution is -2.46. The maximum absolute atomic E-state index is 12.7. The summed E-state index contributed by atoms with van der Waals surface area (Å²) in [6.45, 7) is 0. The fourth-order valence-corrected chi connectivity index (χ4v) is 3.60. The third kappa shape index (κ3) is 4.30. The average Bonchev–Trinajstić information content (AvgIpc) is 2.54. The maximum Gasteiger partial charge on any atom is 0.228 e. The minimum Gasteiger partial charge on any atom is -0.369 e. The molecule has 6 heteroatoms. The molecule has 27 heavy (non-hydrogen) atoms. The fraction of sp³-hybridized carbons (Fsp3) is 0.381. The first-order valence-electron chi connectivity index (χ1n) is 8.97. The Balaban J connectivity index is 0.000000189. The molecular weight excluding hydrogens is 370 g/mol. The molecule has 0 bridgehead atoms. The Morgan fingerprint density at radius 2 is 1.19 bits per heavy atom. The number of amides is 1. The van der Waals surface area contributed by atoms with E-state index in [-0.39, 0.29) is 35.5 Å². The number of benzene rings is 2. The van der Waals surface area contributed by atoms with Crippen molar-refractivity contribution in [3.05, 3.63) is 71.3 Å². The summed E-state index contributed by atoms with van der Waals surface area (Å²) in [7, 11) is 0. The molecule has 4 N–H and O–H groups in total. The minimum atomic E-state index is -0.520. The molecule has 0 spiro atoms. The van der Waals surface area contributed by atoms with E-state index < -0.39 is 5.41 Å². The highest BCUT2D eigenvalue weighted by Gasteiger charge is 2.44. The second-order valence-electron chi connectivity index (χ2n) is 7.32. The number of carbonyl (C=O) groups excluding carboxylic acids is 1. The van der Waals surface area contributed by atoms with Crippen LogP contribution in [-0.4, -0.2) is 5.91 Å². The Morgan fingerprint density at radius 1 is 0.778 bits per heavy atom. The summed E-state index contributed by atoms with van der Waals surface area (Å²) in [5.74, 6) is -0.773. The third-order valence-electron chi connectivity index (χ3n) is 5.74. The van der Waals surface area contributed by atoms with Gasteiger partial charge in [-0.3, -0.25) is 4.79 Å². The Hall–Kier alpha value is -1.98. The lowest BCUT2D eigenvalue weighted by Gasteiger charge is -2.39. The molecule has 0 aromatic heterocycles. The van der Waals surface area contributed by atoms with Crippen LogP contribution in [0.5, 0.6) is 0 Å². The predicted octanol–water partition coefficient (Wildman–Crippen LogP) is 4.32. The molecule has 2 aliphatic rings. The van der Waals surface area contributed by atoms with Gasteiger partial charge in [0.05, 0.1) is 5.41 Å². The quantitative estimate of drug-likeness (QED) is 0.814. The normalized spacial score (nSPS) is 18.6. The lowest BCUT2D eigenvalue weighted by atomic mass is 9.64. The second-order valence-corrected chi connectivity index (χ2v) is 7.32. The van der Waals surface area contributed by atoms with Crippen molar-refractivity contribution in [1.82, 2.24) is 0 Å². The number of primary amides is 1. The Bertz CT molecular complexity index is 770. The molecule has 2 saturated carbocycles. The molecule has 3 nitrogen and oxygen atoms in total. The van der Waals surface area contributed by atoms with E-state index in [0.29, 0.717) is 0 Å². The first-order valence-corrected chi connectivity index (χ1v) is 8.97. The van der Waals surface area contributed by atoms with Crippen LogP contribution in [0.4, 0.5) is 8.78 Å². The van der Waals surface area contributed by atoms with Gasteiger partial charge in [0, 0.05) is 5.54 Å². The van der Waals surface area contributed by atoms with Gasteiger partial charge in [-0.1, -0.05) is 30.7 Å². The van der Waals surface area contributed by atoms with Crippen LogP contribution in [-0.2, 0) is 15.7 Å². The van der Waals surface area contributed by atoms with Crippen molar-refractivity contribution < 1.29 is 13.6 Å². The van der Waals surface area contributed by atoms with Crippen molar-refractivity contribution in [1.29, 1.82) is 0 Å². The van der Waals surface area contributed by atoms with E-state index in [4.69, 9.17) is 11.5 Å². The molecule has 0 unspecified atom stereocenters. The van der Waals surface area contributed by atoms with Gasteiger partial charge in [-0.05, 0) is 67.5 Å². The maximum atomic E-state index is 12.7. The van der Waals surface area contributed by atoms with Gasteiger partial charge in [0.15, 0.2) is 0 Å². The van der Waals surface area contributed by atoms with Crippen LogP contribution in [0.3, 0.4) is 0 Å². The highest BCUT2D eigenvalue weighted by Crippen LogP contribution is 2.43. The molecule has 146 valence electrons. The third-order valence-corrected chi connectivity index (χ3v) is 5.74. The van der Waals surface area contributed by atoms with Crippen LogP contribution in [0, 0.1) is 11.6 Å². The van der Waals surface area contributed by atoms with E-state index in [9.17, 15) is 13.6 Å². The molecule has 2 aromatic carbocycles. The number of hydrogen-bond acceptors (Lipinski definition) is 2. The zero-order valence-electron chi connectivity index (χ0n) is 15.1. The first-order chi connectivity index (χ1) is 12.4. The number of hydrogen-bond donors (Lipinski definition) is 2. The van der Waals surface area contributed by atoms with Crippen LogP contribution in [0.2, 0.25) is 0 Å². The lowest BCUT2D eigenvalue weighted by molar-refractivity contribution is -0.126. The van der Waals surface area contributed by atoms with Crippen LogP contribution in [0.15, 0.2) is 48.5 Å². The predicted molar refractivity (Wildman–Crippen MR) is 104 cm³/mol. The number of nitrogens with two attached hydrogens (primary N) is 2. The summed E-state index contributed by atoms with van der Waals surface area (Å²) in [5.41, 5.74) is 12.7.